The highest BCUT2D eigenvalue weighted by molar-refractivity contribution is 6.51. The third-order valence-corrected chi connectivity index (χ3v) is 3.45. The number of ether oxygens (including phenoxy) is 1. The number of hydrogen-bond acceptors (Lipinski definition) is 3. The van der Waals surface area contributed by atoms with E-state index in [1.54, 1.807) is 0 Å². The summed E-state index contributed by atoms with van der Waals surface area (Å²) in [6, 6.07) is 2.63. The van der Waals surface area contributed by atoms with Crippen molar-refractivity contribution in [2.24, 2.45) is 0 Å². The molecule has 0 spiro atoms. The molecule has 1 radical (unpaired) electrons. The van der Waals surface area contributed by atoms with Crippen LogP contribution >= 0.6 is 0 Å². The van der Waals surface area contributed by atoms with Crippen molar-refractivity contribution in [3.63, 3.8) is 0 Å². The van der Waals surface area contributed by atoms with E-state index in [0.717, 1.165) is 19.2 Å². The summed E-state index contributed by atoms with van der Waals surface area (Å²) in [4.78, 5) is 0. The Kier molecular flexibility index (Phi) is 3.48. The largest absolute Gasteiger partial charge is 0.494 e. The van der Waals surface area contributed by atoms with Gasteiger partial charge in [-0.2, -0.15) is 17.6 Å². The van der Waals surface area contributed by atoms with Crippen LogP contribution in [0.4, 0.5) is 22.0 Å². The van der Waals surface area contributed by atoms with E-state index in [-0.39, 0.29) is 22.0 Å². The fourth-order valence-electron chi connectivity index (χ4n) is 2.43. The van der Waals surface area contributed by atoms with E-state index in [1.807, 2.05) is 0 Å². The smallest absolute Gasteiger partial charge is 0.419 e. The van der Waals surface area contributed by atoms with Crippen molar-refractivity contribution in [3.8, 4) is 5.75 Å². The Hall–Kier alpha value is -2.29. The maximum atomic E-state index is 14.2. The maximum Gasteiger partial charge on any atom is 0.419 e. The quantitative estimate of drug-likeness (QED) is 0.580. The summed E-state index contributed by atoms with van der Waals surface area (Å²) in [5, 5.41) is 9.12. The van der Waals surface area contributed by atoms with Crippen LogP contribution in [0.5, 0.6) is 5.75 Å². The molecular weight excluding hydrogens is 322 g/mol. The Morgan fingerprint density at radius 3 is 2.39 bits per heavy atom. The van der Waals surface area contributed by atoms with Gasteiger partial charge in [0.25, 0.3) is 0 Å². The lowest BCUT2D eigenvalue weighted by Gasteiger charge is -2.07. The molecule has 0 bridgehead atoms. The van der Waals surface area contributed by atoms with E-state index in [0.29, 0.717) is 13.5 Å². The van der Waals surface area contributed by atoms with Crippen molar-refractivity contribution in [1.82, 2.24) is 0 Å². The summed E-state index contributed by atoms with van der Waals surface area (Å²) in [7, 11) is 1.77. The fourth-order valence-corrected chi connectivity index (χ4v) is 2.43. The summed E-state index contributed by atoms with van der Waals surface area (Å²) < 4.78 is 76.3. The van der Waals surface area contributed by atoms with Crippen molar-refractivity contribution < 1.29 is 36.1 Å². The number of halogens is 5. The van der Waals surface area contributed by atoms with Crippen LogP contribution in [-0.2, 0) is 6.18 Å². The zero-order valence-corrected chi connectivity index (χ0v) is 11.5. The van der Waals surface area contributed by atoms with Crippen molar-refractivity contribution in [1.29, 1.82) is 0 Å². The summed E-state index contributed by atoms with van der Waals surface area (Å²) in [5.41, 5.74) is -2.75. The summed E-state index contributed by atoms with van der Waals surface area (Å²) >= 11 is 0. The summed E-state index contributed by atoms with van der Waals surface area (Å²) in [6.07, 6.45) is -4.92. The number of fused-ring (bicyclic) bond motifs is 3. The first kappa shape index (κ1) is 15.6. The van der Waals surface area contributed by atoms with Crippen LogP contribution in [0.15, 0.2) is 22.6 Å². The van der Waals surface area contributed by atoms with Crippen LogP contribution in [0.3, 0.4) is 0 Å². The van der Waals surface area contributed by atoms with Gasteiger partial charge in [-0.25, -0.2) is 4.39 Å². The summed E-state index contributed by atoms with van der Waals surface area (Å²) in [6.45, 7) is 0. The molecule has 3 nitrogen and oxygen atoms in total. The first-order valence-electron chi connectivity index (χ1n) is 6.25. The van der Waals surface area contributed by atoms with Gasteiger partial charge < -0.3 is 14.2 Å². The lowest BCUT2D eigenvalue weighted by molar-refractivity contribution is -0.139. The molecule has 0 fully saturated rings. The van der Waals surface area contributed by atoms with Gasteiger partial charge in [0.15, 0.2) is 22.7 Å². The highest BCUT2D eigenvalue weighted by Crippen LogP contribution is 2.39. The van der Waals surface area contributed by atoms with E-state index in [2.05, 4.69) is 0 Å². The number of rotatable bonds is 2. The Morgan fingerprint density at radius 1 is 1.13 bits per heavy atom. The van der Waals surface area contributed by atoms with Crippen LogP contribution in [0.25, 0.3) is 21.9 Å². The van der Waals surface area contributed by atoms with E-state index in [4.69, 9.17) is 9.15 Å². The first-order chi connectivity index (χ1) is 10.8. The predicted octanol–water partition coefficient (Wildman–Crippen LogP) is 3.13. The number of alkyl halides is 3. The van der Waals surface area contributed by atoms with Crippen molar-refractivity contribution >= 4 is 34.9 Å². The minimum atomic E-state index is -4.92. The van der Waals surface area contributed by atoms with Gasteiger partial charge in [0.2, 0.25) is 5.82 Å². The van der Waals surface area contributed by atoms with Gasteiger partial charge in [-0.3, -0.25) is 0 Å². The average molecular weight is 329 g/mol. The molecule has 0 aliphatic rings. The van der Waals surface area contributed by atoms with E-state index in [9.17, 15) is 27.0 Å². The Balaban J connectivity index is 2.48. The van der Waals surface area contributed by atoms with Gasteiger partial charge in [-0.15, -0.1) is 0 Å². The van der Waals surface area contributed by atoms with Gasteiger partial charge in [-0.05, 0) is 23.7 Å². The highest BCUT2D eigenvalue weighted by Gasteiger charge is 2.36. The van der Waals surface area contributed by atoms with E-state index < -0.39 is 34.5 Å². The fraction of sp³-hybridized carbons (Fsp3) is 0.143. The minimum absolute atomic E-state index is 0.0242. The summed E-state index contributed by atoms with van der Waals surface area (Å²) in [5.74, 6) is -2.95. The Labute approximate surface area is 126 Å². The van der Waals surface area contributed by atoms with Crippen molar-refractivity contribution in [2.75, 3.05) is 7.11 Å². The van der Waals surface area contributed by atoms with Gasteiger partial charge in [0.1, 0.15) is 0 Å². The molecule has 1 N–H and O–H groups in total. The molecule has 0 saturated heterocycles. The lowest BCUT2D eigenvalue weighted by atomic mass is 9.84. The minimum Gasteiger partial charge on any atom is -0.494 e. The molecule has 119 valence electrons. The number of benzene rings is 2. The van der Waals surface area contributed by atoms with Crippen LogP contribution in [0.2, 0.25) is 0 Å². The van der Waals surface area contributed by atoms with Crippen molar-refractivity contribution in [2.45, 2.75) is 6.18 Å². The second-order valence-corrected chi connectivity index (χ2v) is 4.72. The van der Waals surface area contributed by atoms with E-state index in [1.165, 1.54) is 0 Å². The van der Waals surface area contributed by atoms with Crippen LogP contribution < -0.4 is 10.2 Å². The molecule has 0 saturated carbocycles. The zero-order chi connectivity index (χ0) is 16.9. The average Bonchev–Trinajstić information content (AvgIpc) is 2.88. The molecule has 0 aliphatic carbocycles. The van der Waals surface area contributed by atoms with Crippen LogP contribution in [-0.4, -0.2) is 19.6 Å². The predicted molar refractivity (Wildman–Crippen MR) is 72.8 cm³/mol. The second-order valence-electron chi connectivity index (χ2n) is 4.72. The molecule has 3 aromatic rings. The molecular formula is C14H7BF5O3. The molecule has 9 heteroatoms. The second kappa shape index (κ2) is 5.12. The molecule has 2 aromatic carbocycles. The monoisotopic (exact) mass is 329 g/mol. The maximum absolute atomic E-state index is 14.2. The van der Waals surface area contributed by atoms with Crippen molar-refractivity contribution in [3.05, 3.63) is 35.4 Å². The molecule has 0 amide bonds. The van der Waals surface area contributed by atoms with Gasteiger partial charge >= 0.3 is 13.7 Å². The third-order valence-electron chi connectivity index (χ3n) is 3.45. The molecule has 1 heterocycles. The third kappa shape index (κ3) is 2.23. The van der Waals surface area contributed by atoms with Gasteiger partial charge in [-0.1, -0.05) is 0 Å². The topological polar surface area (TPSA) is 42.6 Å². The Bertz CT molecular complexity index is 917. The lowest BCUT2D eigenvalue weighted by Crippen LogP contribution is -2.15. The molecule has 0 atom stereocenters. The highest BCUT2D eigenvalue weighted by atomic mass is 19.4. The zero-order valence-electron chi connectivity index (χ0n) is 11.5. The Morgan fingerprint density at radius 2 is 1.83 bits per heavy atom. The molecule has 23 heavy (non-hydrogen) atoms. The first-order valence-corrected chi connectivity index (χ1v) is 6.25. The molecule has 0 unspecified atom stereocenters. The van der Waals surface area contributed by atoms with Gasteiger partial charge in [0.05, 0.1) is 12.7 Å². The number of hydrogen-bond donors (Lipinski definition) is 1. The molecule has 0 aliphatic heterocycles. The van der Waals surface area contributed by atoms with Crippen LogP contribution in [0, 0.1) is 11.6 Å². The molecule has 3 rings (SSSR count). The normalized spacial score (nSPS) is 12.1. The SMILES string of the molecule is COc1cc([B]O)c2c(oc3c(F)c(C(F)(F)F)ccc32)c1F. The molecule has 1 aromatic heterocycles. The van der Waals surface area contributed by atoms with E-state index >= 15 is 0 Å². The standard InChI is InChI=1S/C14H7BF5O3/c1-22-8-4-7(15-21)9-5-2-3-6(14(18,19)20)10(16)12(5)23-13(9)11(8)17/h2-4,21H,1H3. The number of methoxy groups -OCH3 is 1. The number of furan rings is 1. The van der Waals surface area contributed by atoms with Crippen LogP contribution in [0.1, 0.15) is 5.56 Å². The van der Waals surface area contributed by atoms with Gasteiger partial charge in [0, 0.05) is 10.8 Å².